The molecule has 0 unspecified atom stereocenters. The first-order chi connectivity index (χ1) is 23.8. The van der Waals surface area contributed by atoms with E-state index in [0.717, 1.165) is 59.0 Å². The second kappa shape index (κ2) is 56.1. The van der Waals surface area contributed by atoms with E-state index in [1.165, 1.54) is 0 Å². The molecule has 9 N–H and O–H groups in total. The topological polar surface area (TPSA) is 210 Å². The van der Waals surface area contributed by atoms with Gasteiger partial charge in [0.05, 0.1) is 85.9 Å². The molecule has 0 saturated carbocycles. The van der Waals surface area contributed by atoms with Crippen molar-refractivity contribution >= 4 is 0 Å². The van der Waals surface area contributed by atoms with Gasteiger partial charge in [-0.25, -0.2) is 0 Å². The Balaban J connectivity index is -0.000000128. The van der Waals surface area contributed by atoms with Gasteiger partial charge in [0.2, 0.25) is 0 Å². The molecule has 0 aromatic rings. The number of hydrogen-bond donors (Lipinski definition) is 7. The van der Waals surface area contributed by atoms with E-state index < -0.39 is 0 Å². The van der Waals surface area contributed by atoms with Crippen LogP contribution in [0.2, 0.25) is 0 Å². The summed E-state index contributed by atoms with van der Waals surface area (Å²) in [7, 11) is 18.1. The highest BCUT2D eigenvalue weighted by molar-refractivity contribution is 4.51. The summed E-state index contributed by atoms with van der Waals surface area (Å²) >= 11 is 0. The Morgan fingerprint density at radius 2 is 0.588 bits per heavy atom. The standard InChI is InChI=1S/C9H23N3O2.C9H21NO4.C6H16N2.C5H13NO2.C4H11NO.CH4/c1-12(4-8-13-6-2-10)5-9-14-7-3-11;1-10(2-6-13-8-4-11)3-7-14-9-5-12;1-7(2)5-6-8(3)4;1-6(2-4-7)3-5-8;1-5(2)3-4-6;/h2-11H2,1H3;11-12H,2-9H2,1H3;5-6H2,1-4H3;7-8H,2-5H2,1H3;6H,3-4H2,1-2H3;1H4. The molecule has 0 aliphatic rings. The number of likely N-dealkylation sites (N-methyl/N-ethyl adjacent to an activating group) is 6. The van der Waals surface area contributed by atoms with Crippen LogP contribution in [0.1, 0.15) is 7.43 Å². The van der Waals surface area contributed by atoms with Crippen molar-refractivity contribution in [1.82, 2.24) is 29.4 Å². The van der Waals surface area contributed by atoms with Crippen molar-refractivity contribution in [3.63, 3.8) is 0 Å². The van der Waals surface area contributed by atoms with Gasteiger partial charge >= 0.3 is 0 Å². The normalized spacial score (nSPS) is 10.7. The van der Waals surface area contributed by atoms with Crippen LogP contribution < -0.4 is 11.5 Å². The average molecular weight is 753 g/mol. The summed E-state index contributed by atoms with van der Waals surface area (Å²) < 4.78 is 20.7. The molecule has 0 aromatic heterocycles. The monoisotopic (exact) mass is 753 g/mol. The van der Waals surface area contributed by atoms with Gasteiger partial charge in [-0.05, 0) is 63.4 Å². The Kier molecular flexibility index (Phi) is 68.5. The summed E-state index contributed by atoms with van der Waals surface area (Å²) in [4.78, 5) is 12.4. The highest BCUT2D eigenvalue weighted by Gasteiger charge is 1.99. The number of hydrogen-bond acceptors (Lipinski definition) is 17. The third-order valence-corrected chi connectivity index (χ3v) is 5.97. The van der Waals surface area contributed by atoms with Crippen LogP contribution in [-0.2, 0) is 18.9 Å². The molecule has 17 nitrogen and oxygen atoms in total. The van der Waals surface area contributed by atoms with E-state index in [-0.39, 0.29) is 40.5 Å². The van der Waals surface area contributed by atoms with Gasteiger partial charge in [0.1, 0.15) is 0 Å². The summed E-state index contributed by atoms with van der Waals surface area (Å²) in [6.45, 7) is 14.5. The Morgan fingerprint density at radius 3 is 0.784 bits per heavy atom. The molecule has 0 bridgehead atoms. The van der Waals surface area contributed by atoms with Crippen molar-refractivity contribution in [2.24, 2.45) is 11.5 Å². The predicted octanol–water partition coefficient (Wildman–Crippen LogP) is -3.01. The van der Waals surface area contributed by atoms with Crippen molar-refractivity contribution in [3.05, 3.63) is 0 Å². The van der Waals surface area contributed by atoms with Gasteiger partial charge in [-0.1, -0.05) is 7.43 Å². The van der Waals surface area contributed by atoms with Crippen molar-refractivity contribution in [2.45, 2.75) is 7.43 Å². The third kappa shape index (κ3) is 79.3. The van der Waals surface area contributed by atoms with Gasteiger partial charge in [-0.3, -0.25) is 0 Å². The molecule has 17 heteroatoms. The molecule has 0 fully saturated rings. The number of rotatable bonds is 29. The highest BCUT2D eigenvalue weighted by Crippen LogP contribution is 1.86. The number of aliphatic hydroxyl groups excluding tert-OH is 5. The molecule has 0 rings (SSSR count). The SMILES string of the molecule is C.CN(C)CCN(C)C.CN(C)CCO.CN(CCO)CCO.CN(CCOCCN)CCOCCN.CN(CCOCCO)CCOCCO. The van der Waals surface area contributed by atoms with E-state index in [4.69, 9.17) is 55.9 Å². The maximum atomic E-state index is 8.45. The largest absolute Gasteiger partial charge is 0.395 e. The molecule has 0 spiro atoms. The van der Waals surface area contributed by atoms with Gasteiger partial charge in [-0.15, -0.1) is 0 Å². The van der Waals surface area contributed by atoms with Crippen molar-refractivity contribution in [2.75, 3.05) is 221 Å². The Morgan fingerprint density at radius 1 is 0.333 bits per heavy atom. The Bertz CT molecular complexity index is 502. The lowest BCUT2D eigenvalue weighted by atomic mass is 10.5. The molecule has 51 heavy (non-hydrogen) atoms. The zero-order chi connectivity index (χ0) is 39.3. The highest BCUT2D eigenvalue weighted by atomic mass is 16.5. The van der Waals surface area contributed by atoms with Crippen LogP contribution in [0.5, 0.6) is 0 Å². The van der Waals surface area contributed by atoms with Crippen LogP contribution >= 0.6 is 0 Å². The fourth-order valence-corrected chi connectivity index (χ4v) is 2.86. The molecule has 0 amide bonds. The summed E-state index contributed by atoms with van der Waals surface area (Å²) in [5.41, 5.74) is 10.6. The first kappa shape index (κ1) is 62.3. The van der Waals surface area contributed by atoms with Crippen LogP contribution in [0, 0.1) is 0 Å². The van der Waals surface area contributed by atoms with Gasteiger partial charge in [-0.2, -0.15) is 0 Å². The number of aliphatic hydroxyl groups is 5. The molecule has 0 aromatic carbocycles. The molecule has 0 aliphatic heterocycles. The Hall–Kier alpha value is -0.680. The molecule has 0 aliphatic carbocycles. The molecule has 0 radical (unpaired) electrons. The van der Waals surface area contributed by atoms with E-state index in [0.29, 0.717) is 65.8 Å². The number of ether oxygens (including phenoxy) is 4. The molecule has 0 atom stereocenters. The summed E-state index contributed by atoms with van der Waals surface area (Å²) in [6, 6.07) is 0. The number of nitrogens with two attached hydrogens (primary N) is 2. The third-order valence-electron chi connectivity index (χ3n) is 5.97. The maximum Gasteiger partial charge on any atom is 0.0698 e. The van der Waals surface area contributed by atoms with Crippen LogP contribution in [0.15, 0.2) is 0 Å². The molecule has 0 heterocycles. The quantitative estimate of drug-likeness (QED) is 0.0380. The smallest absolute Gasteiger partial charge is 0.0698 e. The van der Waals surface area contributed by atoms with Gasteiger partial charge < -0.3 is 85.3 Å². The first-order valence-corrected chi connectivity index (χ1v) is 17.6. The van der Waals surface area contributed by atoms with E-state index in [9.17, 15) is 0 Å². The zero-order valence-electron chi connectivity index (χ0n) is 33.7. The second-order valence-electron chi connectivity index (χ2n) is 12.0. The summed E-state index contributed by atoms with van der Waals surface area (Å²) in [6.07, 6.45) is 0. The van der Waals surface area contributed by atoms with Gasteiger partial charge in [0, 0.05) is 72.0 Å². The molecule has 318 valence electrons. The minimum Gasteiger partial charge on any atom is -0.395 e. The number of nitrogens with zero attached hydrogens (tertiary/aromatic N) is 6. The van der Waals surface area contributed by atoms with Gasteiger partial charge in [0.15, 0.2) is 0 Å². The summed E-state index contributed by atoms with van der Waals surface area (Å²) in [5.74, 6) is 0. The lowest BCUT2D eigenvalue weighted by Crippen LogP contribution is -2.28. The average Bonchev–Trinajstić information content (AvgIpc) is 3.06. The molecular weight excluding hydrogens is 664 g/mol. The van der Waals surface area contributed by atoms with Crippen molar-refractivity contribution < 1.29 is 44.5 Å². The van der Waals surface area contributed by atoms with Crippen molar-refractivity contribution in [3.8, 4) is 0 Å². The van der Waals surface area contributed by atoms with Crippen molar-refractivity contribution in [1.29, 1.82) is 0 Å². The van der Waals surface area contributed by atoms with Crippen LogP contribution in [0.25, 0.3) is 0 Å². The van der Waals surface area contributed by atoms with Gasteiger partial charge in [0.25, 0.3) is 0 Å². The maximum absolute atomic E-state index is 8.45. The van der Waals surface area contributed by atoms with E-state index >= 15 is 0 Å². The van der Waals surface area contributed by atoms with E-state index in [2.05, 4.69) is 47.8 Å². The lowest BCUT2D eigenvalue weighted by Gasteiger charge is -2.16. The van der Waals surface area contributed by atoms with Crippen LogP contribution in [0.3, 0.4) is 0 Å². The lowest BCUT2D eigenvalue weighted by molar-refractivity contribution is 0.0576. The second-order valence-corrected chi connectivity index (χ2v) is 12.0. The Labute approximate surface area is 313 Å². The van der Waals surface area contributed by atoms with E-state index in [1.54, 1.807) is 0 Å². The molecule has 0 saturated heterocycles. The molecular formula is C34H88N8O9. The fraction of sp³-hybridized carbons (Fsp3) is 1.00. The van der Waals surface area contributed by atoms with Crippen LogP contribution in [-0.4, -0.2) is 276 Å². The van der Waals surface area contributed by atoms with Crippen LogP contribution in [0.4, 0.5) is 0 Å². The fourth-order valence-electron chi connectivity index (χ4n) is 2.86. The zero-order valence-corrected chi connectivity index (χ0v) is 33.7. The first-order valence-electron chi connectivity index (χ1n) is 17.6. The van der Waals surface area contributed by atoms with E-state index in [1.807, 2.05) is 45.0 Å². The summed E-state index contributed by atoms with van der Waals surface area (Å²) in [5, 5.41) is 41.8. The predicted molar refractivity (Wildman–Crippen MR) is 212 cm³/mol. The minimum atomic E-state index is 0. The minimum absolute atomic E-state index is 0.